The van der Waals surface area contributed by atoms with Gasteiger partial charge in [-0.15, -0.1) is 0 Å². The molecule has 6 heteroatoms. The van der Waals surface area contributed by atoms with Crippen molar-refractivity contribution in [3.8, 4) is 0 Å². The van der Waals surface area contributed by atoms with E-state index in [4.69, 9.17) is 11.6 Å². The van der Waals surface area contributed by atoms with Gasteiger partial charge in [0.2, 0.25) is 5.91 Å². The smallest absolute Gasteiger partial charge is 0.246 e. The van der Waals surface area contributed by atoms with Gasteiger partial charge in [-0.3, -0.25) is 4.79 Å². The molecule has 1 aliphatic rings. The van der Waals surface area contributed by atoms with Crippen LogP contribution in [-0.4, -0.2) is 19.1 Å². The second kappa shape index (κ2) is 6.22. The van der Waals surface area contributed by atoms with Gasteiger partial charge >= 0.3 is 0 Å². The van der Waals surface area contributed by atoms with Gasteiger partial charge in [-0.2, -0.15) is 0 Å². The molecule has 24 heavy (non-hydrogen) atoms. The molecule has 0 spiro atoms. The van der Waals surface area contributed by atoms with Crippen molar-refractivity contribution in [3.05, 3.63) is 59.1 Å². The van der Waals surface area contributed by atoms with Crippen molar-refractivity contribution < 1.29 is 13.2 Å². The minimum atomic E-state index is -3.75. The molecule has 0 atom stereocenters. The number of amides is 1. The lowest BCUT2D eigenvalue weighted by molar-refractivity contribution is -0.116. The van der Waals surface area contributed by atoms with E-state index in [9.17, 15) is 13.2 Å². The van der Waals surface area contributed by atoms with E-state index in [2.05, 4.69) is 5.32 Å². The van der Waals surface area contributed by atoms with Crippen molar-refractivity contribution >= 4 is 33.0 Å². The number of halogens is 1. The van der Waals surface area contributed by atoms with Gasteiger partial charge in [0.05, 0.1) is 4.90 Å². The summed E-state index contributed by atoms with van der Waals surface area (Å²) in [6.45, 7) is 2.05. The lowest BCUT2D eigenvalue weighted by Crippen LogP contribution is -2.37. The predicted molar refractivity (Wildman–Crippen MR) is 95.1 cm³/mol. The zero-order valence-corrected chi connectivity index (χ0v) is 14.8. The summed E-state index contributed by atoms with van der Waals surface area (Å²) in [5.41, 5.74) is 1.76. The average molecular weight is 364 g/mol. The SMILES string of the molecule is CCc1ccc(NC(=O)C2(S(=O)(=O)c3ccc(Cl)cc3)CC2)cc1. The summed E-state index contributed by atoms with van der Waals surface area (Å²) in [5.74, 6) is -0.471. The maximum atomic E-state index is 12.9. The summed E-state index contributed by atoms with van der Waals surface area (Å²) in [5, 5.41) is 3.20. The van der Waals surface area contributed by atoms with Crippen molar-refractivity contribution in [1.82, 2.24) is 0 Å². The molecular weight excluding hydrogens is 346 g/mol. The van der Waals surface area contributed by atoms with E-state index in [1.54, 1.807) is 12.1 Å². The van der Waals surface area contributed by atoms with E-state index in [1.807, 2.05) is 19.1 Å². The van der Waals surface area contributed by atoms with Crippen LogP contribution in [0, 0.1) is 0 Å². The lowest BCUT2D eigenvalue weighted by Gasteiger charge is -2.16. The minimum absolute atomic E-state index is 0.126. The Kier molecular flexibility index (Phi) is 4.40. The molecule has 0 aliphatic heterocycles. The van der Waals surface area contributed by atoms with Gasteiger partial charge in [0.15, 0.2) is 14.6 Å². The quantitative estimate of drug-likeness (QED) is 0.877. The number of aryl methyl sites for hydroxylation is 1. The highest BCUT2D eigenvalue weighted by molar-refractivity contribution is 7.94. The number of rotatable bonds is 5. The van der Waals surface area contributed by atoms with Crippen LogP contribution in [0.4, 0.5) is 5.69 Å². The topological polar surface area (TPSA) is 63.2 Å². The van der Waals surface area contributed by atoms with Crippen LogP contribution >= 0.6 is 11.6 Å². The van der Waals surface area contributed by atoms with E-state index < -0.39 is 20.5 Å². The number of benzene rings is 2. The second-order valence-corrected chi connectivity index (χ2v) is 8.65. The first-order valence-corrected chi connectivity index (χ1v) is 9.66. The Morgan fingerprint density at radius 3 is 2.17 bits per heavy atom. The monoisotopic (exact) mass is 363 g/mol. The molecule has 1 amide bonds. The number of sulfone groups is 1. The number of nitrogens with one attached hydrogen (secondary N) is 1. The predicted octanol–water partition coefficient (Wildman–Crippen LogP) is 3.85. The summed E-state index contributed by atoms with van der Waals surface area (Å²) >= 11 is 5.81. The fourth-order valence-corrected chi connectivity index (χ4v) is 4.65. The number of hydrogen-bond donors (Lipinski definition) is 1. The first kappa shape index (κ1) is 17.0. The molecule has 0 unspecified atom stereocenters. The Labute approximate surface area is 146 Å². The average Bonchev–Trinajstić information content (AvgIpc) is 3.38. The molecular formula is C18H18ClNO3S. The van der Waals surface area contributed by atoms with Crippen LogP contribution in [0.5, 0.6) is 0 Å². The first-order chi connectivity index (χ1) is 11.4. The van der Waals surface area contributed by atoms with E-state index in [1.165, 1.54) is 24.3 Å². The molecule has 1 N–H and O–H groups in total. The van der Waals surface area contributed by atoms with E-state index >= 15 is 0 Å². The normalized spacial score (nSPS) is 15.8. The molecule has 3 rings (SSSR count). The zero-order chi connectivity index (χ0) is 17.4. The third-order valence-corrected chi connectivity index (χ3v) is 7.14. The Morgan fingerprint density at radius 2 is 1.67 bits per heavy atom. The van der Waals surface area contributed by atoms with Crippen molar-refractivity contribution in [2.45, 2.75) is 35.8 Å². The molecule has 0 radical (unpaired) electrons. The van der Waals surface area contributed by atoms with Crippen LogP contribution in [0.3, 0.4) is 0 Å². The minimum Gasteiger partial charge on any atom is -0.325 e. The number of hydrogen-bond acceptors (Lipinski definition) is 3. The van der Waals surface area contributed by atoms with Crippen molar-refractivity contribution in [2.75, 3.05) is 5.32 Å². The van der Waals surface area contributed by atoms with Gasteiger partial charge in [0, 0.05) is 10.7 Å². The summed E-state index contributed by atoms with van der Waals surface area (Å²) < 4.78 is 24.3. The second-order valence-electron chi connectivity index (χ2n) is 5.96. The van der Waals surface area contributed by atoms with Gasteiger partial charge in [-0.25, -0.2) is 8.42 Å². The van der Waals surface area contributed by atoms with Gasteiger partial charge in [-0.05, 0) is 61.2 Å². The zero-order valence-electron chi connectivity index (χ0n) is 13.3. The van der Waals surface area contributed by atoms with E-state index in [0.29, 0.717) is 23.6 Å². The van der Waals surface area contributed by atoms with E-state index in [0.717, 1.165) is 12.0 Å². The highest BCUT2D eigenvalue weighted by Gasteiger charge is 2.61. The molecule has 1 fully saturated rings. The van der Waals surface area contributed by atoms with Crippen LogP contribution in [-0.2, 0) is 21.1 Å². The van der Waals surface area contributed by atoms with E-state index in [-0.39, 0.29) is 4.90 Å². The molecule has 126 valence electrons. The Hall–Kier alpha value is -1.85. The summed E-state index contributed by atoms with van der Waals surface area (Å²) in [4.78, 5) is 12.7. The molecule has 4 nitrogen and oxygen atoms in total. The van der Waals surface area contributed by atoms with Crippen molar-refractivity contribution in [2.24, 2.45) is 0 Å². The highest BCUT2D eigenvalue weighted by atomic mass is 35.5. The molecule has 0 aromatic heterocycles. The first-order valence-electron chi connectivity index (χ1n) is 7.80. The fraction of sp³-hybridized carbons (Fsp3) is 0.278. The van der Waals surface area contributed by atoms with Crippen LogP contribution in [0.1, 0.15) is 25.3 Å². The highest BCUT2D eigenvalue weighted by Crippen LogP contribution is 2.47. The molecule has 0 heterocycles. The third kappa shape index (κ3) is 2.94. The van der Waals surface area contributed by atoms with Crippen LogP contribution in [0.15, 0.2) is 53.4 Å². The molecule has 0 bridgehead atoms. The third-order valence-electron chi connectivity index (χ3n) is 4.38. The standard InChI is InChI=1S/C18H18ClNO3S/c1-2-13-3-7-15(8-4-13)20-17(21)18(11-12-18)24(22,23)16-9-5-14(19)6-10-16/h3-10H,2,11-12H2,1H3,(H,20,21). The van der Waals surface area contributed by atoms with Gasteiger partial charge in [0.25, 0.3) is 0 Å². The Morgan fingerprint density at radius 1 is 1.08 bits per heavy atom. The Balaban J connectivity index is 1.84. The molecule has 2 aromatic rings. The molecule has 0 saturated heterocycles. The van der Waals surface area contributed by atoms with Crippen LogP contribution < -0.4 is 5.32 Å². The van der Waals surface area contributed by atoms with Gasteiger partial charge < -0.3 is 5.32 Å². The lowest BCUT2D eigenvalue weighted by atomic mass is 10.1. The number of anilines is 1. The number of carbonyl (C=O) groups is 1. The molecule has 2 aromatic carbocycles. The van der Waals surface area contributed by atoms with Crippen molar-refractivity contribution in [3.63, 3.8) is 0 Å². The van der Waals surface area contributed by atoms with Gasteiger partial charge in [0.1, 0.15) is 0 Å². The summed E-state index contributed by atoms with van der Waals surface area (Å²) in [7, 11) is -3.75. The van der Waals surface area contributed by atoms with Crippen LogP contribution in [0.25, 0.3) is 0 Å². The van der Waals surface area contributed by atoms with Crippen LogP contribution in [0.2, 0.25) is 5.02 Å². The fourth-order valence-electron chi connectivity index (χ4n) is 2.64. The van der Waals surface area contributed by atoms with Crippen molar-refractivity contribution in [1.29, 1.82) is 0 Å². The maximum Gasteiger partial charge on any atom is 0.246 e. The number of carbonyl (C=O) groups excluding carboxylic acids is 1. The largest absolute Gasteiger partial charge is 0.325 e. The molecule has 1 saturated carbocycles. The molecule has 1 aliphatic carbocycles. The Bertz CT molecular complexity index is 854. The van der Waals surface area contributed by atoms with Gasteiger partial charge in [-0.1, -0.05) is 30.7 Å². The maximum absolute atomic E-state index is 12.9. The summed E-state index contributed by atoms with van der Waals surface area (Å²) in [6, 6.07) is 13.4. The summed E-state index contributed by atoms with van der Waals surface area (Å²) in [6.07, 6.45) is 1.57.